The summed E-state index contributed by atoms with van der Waals surface area (Å²) in [6, 6.07) is 2.22. The molecule has 0 spiro atoms. The lowest BCUT2D eigenvalue weighted by Crippen LogP contribution is -2.44. The number of amides is 1. The fraction of sp³-hybridized carbons (Fsp3) is 0.471. The first-order chi connectivity index (χ1) is 10.7. The van der Waals surface area contributed by atoms with Gasteiger partial charge in [-0.25, -0.2) is 0 Å². The van der Waals surface area contributed by atoms with Crippen LogP contribution in [0.15, 0.2) is 12.1 Å². The van der Waals surface area contributed by atoms with Crippen LogP contribution in [0.1, 0.15) is 40.0 Å². The summed E-state index contributed by atoms with van der Waals surface area (Å²) in [4.78, 5) is 16.7. The van der Waals surface area contributed by atoms with E-state index in [9.17, 15) is 18.0 Å². The first-order valence-corrected chi connectivity index (χ1v) is 7.68. The molecule has 2 heterocycles. The Morgan fingerprint density at radius 2 is 1.87 bits per heavy atom. The molecule has 0 unspecified atom stereocenters. The van der Waals surface area contributed by atoms with Crippen LogP contribution in [0.4, 0.5) is 13.2 Å². The number of aryl methyl sites for hydroxylation is 3. The van der Waals surface area contributed by atoms with Crippen LogP contribution >= 0.6 is 0 Å². The predicted molar refractivity (Wildman–Crippen MR) is 82.6 cm³/mol. The molecular weight excluding hydrogens is 305 g/mol. The number of hydrogen-bond donors (Lipinski definition) is 1. The van der Waals surface area contributed by atoms with Crippen LogP contribution in [0.2, 0.25) is 0 Å². The van der Waals surface area contributed by atoms with Crippen LogP contribution in [0.3, 0.4) is 0 Å². The lowest BCUT2D eigenvalue weighted by atomic mass is 10.0. The average molecular weight is 324 g/mol. The Morgan fingerprint density at radius 3 is 2.48 bits per heavy atom. The number of H-pyrrole nitrogens is 1. The van der Waals surface area contributed by atoms with Crippen LogP contribution in [0, 0.1) is 20.8 Å². The van der Waals surface area contributed by atoms with E-state index in [1.807, 2.05) is 26.0 Å². The Balaban J connectivity index is 2.07. The summed E-state index contributed by atoms with van der Waals surface area (Å²) >= 11 is 0. The zero-order chi connectivity index (χ0) is 16.9. The maximum Gasteiger partial charge on any atom is 0.408 e. The van der Waals surface area contributed by atoms with Crippen LogP contribution in [0.5, 0.6) is 0 Å². The van der Waals surface area contributed by atoms with Crippen LogP contribution < -0.4 is 0 Å². The molecule has 0 radical (unpaired) electrons. The molecule has 0 saturated carbocycles. The van der Waals surface area contributed by atoms with E-state index in [0.717, 1.165) is 32.5 Å². The van der Waals surface area contributed by atoms with Gasteiger partial charge >= 0.3 is 6.18 Å². The highest BCUT2D eigenvalue weighted by Crippen LogP contribution is 2.35. The highest BCUT2D eigenvalue weighted by atomic mass is 19.4. The van der Waals surface area contributed by atoms with Crippen LogP contribution in [-0.4, -0.2) is 34.6 Å². The second-order valence-corrected chi connectivity index (χ2v) is 6.27. The molecule has 1 N–H and O–H groups in total. The van der Waals surface area contributed by atoms with Crippen molar-refractivity contribution >= 4 is 16.8 Å². The first-order valence-electron chi connectivity index (χ1n) is 7.68. The van der Waals surface area contributed by atoms with Crippen molar-refractivity contribution in [3.05, 3.63) is 34.5 Å². The predicted octanol–water partition coefficient (Wildman–Crippen LogP) is 4.26. The van der Waals surface area contributed by atoms with Gasteiger partial charge in [0, 0.05) is 17.4 Å². The molecule has 1 saturated heterocycles. The Morgan fingerprint density at radius 1 is 1.22 bits per heavy atom. The second-order valence-electron chi connectivity index (χ2n) is 6.27. The van der Waals surface area contributed by atoms with Crippen molar-refractivity contribution in [2.45, 2.75) is 45.8 Å². The van der Waals surface area contributed by atoms with Crippen molar-refractivity contribution in [1.82, 2.24) is 9.88 Å². The van der Waals surface area contributed by atoms with Crippen molar-refractivity contribution < 1.29 is 18.0 Å². The number of halogens is 3. The number of carbonyl (C=O) groups is 1. The van der Waals surface area contributed by atoms with Gasteiger partial charge in [-0.2, -0.15) is 13.2 Å². The number of aromatic nitrogens is 1. The average Bonchev–Trinajstić information content (AvgIpc) is 3.07. The fourth-order valence-electron chi connectivity index (χ4n) is 3.51. The smallest absolute Gasteiger partial charge is 0.350 e. The summed E-state index contributed by atoms with van der Waals surface area (Å²) in [5, 5.41) is 0.927. The molecule has 1 amide bonds. The quantitative estimate of drug-likeness (QED) is 0.836. The topological polar surface area (TPSA) is 36.1 Å². The van der Waals surface area contributed by atoms with Crippen molar-refractivity contribution in [2.75, 3.05) is 6.54 Å². The van der Waals surface area contributed by atoms with Gasteiger partial charge < -0.3 is 9.88 Å². The third-order valence-electron chi connectivity index (χ3n) is 4.73. The van der Waals surface area contributed by atoms with Gasteiger partial charge in [0.25, 0.3) is 5.91 Å². The molecule has 1 aliphatic heterocycles. The molecule has 2 aromatic rings. The highest BCUT2D eigenvalue weighted by molar-refractivity contribution is 6.02. The van der Waals surface area contributed by atoms with Gasteiger partial charge in [-0.05, 0) is 50.3 Å². The molecule has 1 aromatic carbocycles. The highest BCUT2D eigenvalue weighted by Gasteiger charge is 2.48. The molecule has 1 aromatic heterocycles. The molecule has 6 heteroatoms. The lowest BCUT2D eigenvalue weighted by molar-refractivity contribution is -0.169. The maximum absolute atomic E-state index is 13.1. The minimum absolute atomic E-state index is 0.0213. The van der Waals surface area contributed by atoms with Gasteiger partial charge in [0.15, 0.2) is 0 Å². The molecule has 1 atom stereocenters. The van der Waals surface area contributed by atoms with E-state index in [4.69, 9.17) is 0 Å². The SMILES string of the molecule is Cc1ccc(C)c2c(C)c(C(=O)N3CCC[C@@H]3C(F)(F)F)[nH]c12. The number of hydrogen-bond acceptors (Lipinski definition) is 1. The third-order valence-corrected chi connectivity index (χ3v) is 4.73. The van der Waals surface area contributed by atoms with Crippen LogP contribution in [-0.2, 0) is 0 Å². The summed E-state index contributed by atoms with van der Waals surface area (Å²) in [7, 11) is 0. The van der Waals surface area contributed by atoms with Gasteiger partial charge in [-0.1, -0.05) is 12.1 Å². The maximum atomic E-state index is 13.1. The molecule has 124 valence electrons. The first kappa shape index (κ1) is 15.9. The summed E-state index contributed by atoms with van der Waals surface area (Å²) in [6.07, 6.45) is -4.02. The summed E-state index contributed by atoms with van der Waals surface area (Å²) < 4.78 is 39.3. The third kappa shape index (κ3) is 2.50. The molecule has 0 aliphatic carbocycles. The Kier molecular flexibility index (Phi) is 3.65. The second kappa shape index (κ2) is 5.28. The number of fused-ring (bicyclic) bond motifs is 1. The van der Waals surface area contributed by atoms with E-state index < -0.39 is 18.1 Å². The zero-order valence-electron chi connectivity index (χ0n) is 13.3. The summed E-state index contributed by atoms with van der Waals surface area (Å²) in [6.45, 7) is 5.79. The van der Waals surface area contributed by atoms with Crippen molar-refractivity contribution in [3.8, 4) is 0 Å². The normalized spacial score (nSPS) is 18.9. The van der Waals surface area contributed by atoms with E-state index in [-0.39, 0.29) is 18.7 Å². The number of rotatable bonds is 1. The van der Waals surface area contributed by atoms with E-state index in [1.165, 1.54) is 0 Å². The van der Waals surface area contributed by atoms with Crippen molar-refractivity contribution in [1.29, 1.82) is 0 Å². The molecule has 1 aliphatic rings. The molecule has 0 bridgehead atoms. The van der Waals surface area contributed by atoms with Gasteiger partial charge in [0.2, 0.25) is 0 Å². The zero-order valence-corrected chi connectivity index (χ0v) is 13.3. The van der Waals surface area contributed by atoms with Gasteiger partial charge in [-0.3, -0.25) is 4.79 Å². The molecule has 23 heavy (non-hydrogen) atoms. The molecule has 3 nitrogen and oxygen atoms in total. The van der Waals surface area contributed by atoms with Crippen molar-refractivity contribution in [3.63, 3.8) is 0 Å². The van der Waals surface area contributed by atoms with Crippen LogP contribution in [0.25, 0.3) is 10.9 Å². The Bertz CT molecular complexity index is 776. The molecule has 3 rings (SSSR count). The molecule has 1 fully saturated rings. The molecular formula is C17H19F3N2O. The lowest BCUT2D eigenvalue weighted by Gasteiger charge is -2.26. The van der Waals surface area contributed by atoms with Gasteiger partial charge in [0.05, 0.1) is 0 Å². The number of likely N-dealkylation sites (tertiary alicyclic amines) is 1. The monoisotopic (exact) mass is 324 g/mol. The summed E-state index contributed by atoms with van der Waals surface area (Å²) in [5.41, 5.74) is 3.80. The standard InChI is InChI=1S/C17H19F3N2O/c1-9-6-7-10(2)14-13(9)11(3)15(21-14)16(23)22-8-4-5-12(22)17(18,19)20/h6-7,12,21H,4-5,8H2,1-3H3/t12-/m1/s1. The largest absolute Gasteiger partial charge is 0.408 e. The number of nitrogens with zero attached hydrogens (tertiary/aromatic N) is 1. The van der Waals surface area contributed by atoms with E-state index in [0.29, 0.717) is 6.42 Å². The van der Waals surface area contributed by atoms with E-state index >= 15 is 0 Å². The Labute approximate surface area is 132 Å². The van der Waals surface area contributed by atoms with E-state index in [2.05, 4.69) is 4.98 Å². The minimum atomic E-state index is -4.38. The number of alkyl halides is 3. The minimum Gasteiger partial charge on any atom is -0.350 e. The number of aromatic amines is 1. The van der Waals surface area contributed by atoms with Crippen molar-refractivity contribution in [2.24, 2.45) is 0 Å². The number of benzene rings is 1. The number of carbonyl (C=O) groups excluding carboxylic acids is 1. The van der Waals surface area contributed by atoms with E-state index in [1.54, 1.807) is 6.92 Å². The fourth-order valence-corrected chi connectivity index (χ4v) is 3.51. The van der Waals surface area contributed by atoms with Gasteiger partial charge in [0.1, 0.15) is 11.7 Å². The van der Waals surface area contributed by atoms with Gasteiger partial charge in [-0.15, -0.1) is 0 Å². The Hall–Kier alpha value is -1.98. The summed E-state index contributed by atoms with van der Waals surface area (Å²) in [5.74, 6) is -0.558. The number of nitrogens with one attached hydrogen (secondary N) is 1.